The number of carbonyl (C=O) groups excluding carboxylic acids is 2. The Morgan fingerprint density at radius 3 is 2.53 bits per heavy atom. The van der Waals surface area contributed by atoms with Crippen LogP contribution in [-0.2, 0) is 14.3 Å². The van der Waals surface area contributed by atoms with Crippen molar-refractivity contribution in [3.63, 3.8) is 0 Å². The number of halogens is 1. The molecule has 0 unspecified atom stereocenters. The summed E-state index contributed by atoms with van der Waals surface area (Å²) in [5, 5.41) is 0. The highest BCUT2D eigenvalue weighted by molar-refractivity contribution is 6.30. The lowest BCUT2D eigenvalue weighted by molar-refractivity contribution is -0.160. The molecule has 15 heavy (non-hydrogen) atoms. The minimum Gasteiger partial charge on any atom is -0.461 e. The quantitative estimate of drug-likeness (QED) is 0.399. The number of hydrogen-bond donors (Lipinski definition) is 0. The number of rotatable bonds is 1. The van der Waals surface area contributed by atoms with Crippen molar-refractivity contribution in [2.75, 3.05) is 7.11 Å². The number of aryl methyl sites for hydroxylation is 1. The average molecular weight is 212 g/mol. The first-order valence-electron chi connectivity index (χ1n) is 4.11. The minimum atomic E-state index is -1.25. The predicted octanol–water partition coefficient (Wildman–Crippen LogP) is 1.21. The second kappa shape index (κ2) is 4.54. The predicted molar refractivity (Wildman–Crippen MR) is 48.8 cm³/mol. The summed E-state index contributed by atoms with van der Waals surface area (Å²) in [7, 11) is 1.04. The van der Waals surface area contributed by atoms with Gasteiger partial charge < -0.3 is 9.47 Å². The maximum Gasteiger partial charge on any atom is 0.422 e. The molecule has 0 aliphatic heterocycles. The van der Waals surface area contributed by atoms with E-state index in [1.807, 2.05) is 0 Å². The highest BCUT2D eigenvalue weighted by atomic mass is 19.1. The summed E-state index contributed by atoms with van der Waals surface area (Å²) in [6.45, 7) is 1.70. The van der Waals surface area contributed by atoms with Gasteiger partial charge in [-0.1, -0.05) is 6.07 Å². The summed E-state index contributed by atoms with van der Waals surface area (Å²) < 4.78 is 21.7. The van der Waals surface area contributed by atoms with Gasteiger partial charge in [-0.2, -0.15) is 0 Å². The van der Waals surface area contributed by atoms with Crippen LogP contribution in [-0.4, -0.2) is 19.0 Å². The lowest BCUT2D eigenvalue weighted by Crippen LogP contribution is -2.22. The number of hydrogen-bond acceptors (Lipinski definition) is 4. The monoisotopic (exact) mass is 212 g/mol. The van der Waals surface area contributed by atoms with Gasteiger partial charge >= 0.3 is 11.9 Å². The maximum absolute atomic E-state index is 13.1. The van der Waals surface area contributed by atoms with E-state index in [2.05, 4.69) is 9.47 Å². The molecule has 5 heteroatoms. The van der Waals surface area contributed by atoms with Gasteiger partial charge in [-0.25, -0.2) is 14.0 Å². The summed E-state index contributed by atoms with van der Waals surface area (Å²) in [5.74, 6) is -3.42. The first-order chi connectivity index (χ1) is 7.04. The van der Waals surface area contributed by atoms with Gasteiger partial charge in [-0.15, -0.1) is 0 Å². The first kappa shape index (κ1) is 11.2. The third-order valence-electron chi connectivity index (χ3n) is 1.64. The molecule has 0 fully saturated rings. The standard InChI is InChI=1S/C10H9FO4/c1-6-3-4-7(11)8(5-6)15-10(13)9(12)14-2/h3-5H,1-2H3. The largest absolute Gasteiger partial charge is 0.461 e. The van der Waals surface area contributed by atoms with Crippen LogP contribution in [0.15, 0.2) is 18.2 Å². The Balaban J connectivity index is 2.85. The maximum atomic E-state index is 13.1. The van der Waals surface area contributed by atoms with Crippen LogP contribution in [0, 0.1) is 12.7 Å². The number of ether oxygens (including phenoxy) is 2. The highest BCUT2D eigenvalue weighted by Crippen LogP contribution is 2.18. The smallest absolute Gasteiger partial charge is 0.422 e. The number of benzene rings is 1. The molecule has 0 N–H and O–H groups in total. The molecule has 0 aromatic heterocycles. The van der Waals surface area contributed by atoms with E-state index in [1.165, 1.54) is 12.1 Å². The lowest BCUT2D eigenvalue weighted by Gasteiger charge is -2.04. The van der Waals surface area contributed by atoms with Crippen molar-refractivity contribution in [3.05, 3.63) is 29.6 Å². The molecule has 80 valence electrons. The van der Waals surface area contributed by atoms with Crippen LogP contribution >= 0.6 is 0 Å². The van der Waals surface area contributed by atoms with Gasteiger partial charge in [0, 0.05) is 0 Å². The molecule has 1 aromatic rings. The number of esters is 2. The number of carbonyl (C=O) groups is 2. The van der Waals surface area contributed by atoms with E-state index in [0.717, 1.165) is 13.2 Å². The second-order valence-corrected chi connectivity index (χ2v) is 2.81. The summed E-state index contributed by atoms with van der Waals surface area (Å²) in [6.07, 6.45) is 0. The highest BCUT2D eigenvalue weighted by Gasteiger charge is 2.18. The molecule has 0 saturated carbocycles. The van der Waals surface area contributed by atoms with E-state index in [4.69, 9.17) is 0 Å². The van der Waals surface area contributed by atoms with E-state index in [1.54, 1.807) is 6.92 Å². The summed E-state index contributed by atoms with van der Waals surface area (Å²) in [4.78, 5) is 21.6. The van der Waals surface area contributed by atoms with Crippen LogP contribution in [0.5, 0.6) is 5.75 Å². The fourth-order valence-electron chi connectivity index (χ4n) is 0.914. The summed E-state index contributed by atoms with van der Waals surface area (Å²) in [6, 6.07) is 3.98. The van der Waals surface area contributed by atoms with Gasteiger partial charge in [0.2, 0.25) is 0 Å². The molecule has 0 amide bonds. The van der Waals surface area contributed by atoms with Crippen LogP contribution in [0.1, 0.15) is 5.56 Å². The third kappa shape index (κ3) is 2.77. The van der Waals surface area contributed by atoms with Crippen molar-refractivity contribution < 1.29 is 23.5 Å². The number of methoxy groups -OCH3 is 1. The van der Waals surface area contributed by atoms with Crippen LogP contribution in [0.25, 0.3) is 0 Å². The van der Waals surface area contributed by atoms with Gasteiger partial charge in [-0.05, 0) is 24.6 Å². The molecule has 0 aliphatic rings. The topological polar surface area (TPSA) is 52.6 Å². The molecule has 0 atom stereocenters. The first-order valence-corrected chi connectivity index (χ1v) is 4.11. The Bertz CT molecular complexity index is 400. The third-order valence-corrected chi connectivity index (χ3v) is 1.64. The molecule has 0 heterocycles. The van der Waals surface area contributed by atoms with Crippen molar-refractivity contribution in [2.24, 2.45) is 0 Å². The molecule has 0 aliphatic carbocycles. The Hall–Kier alpha value is -1.91. The van der Waals surface area contributed by atoms with E-state index < -0.39 is 17.8 Å². The van der Waals surface area contributed by atoms with E-state index in [-0.39, 0.29) is 5.75 Å². The van der Waals surface area contributed by atoms with Crippen LogP contribution < -0.4 is 4.74 Å². The fraction of sp³-hybridized carbons (Fsp3) is 0.200. The van der Waals surface area contributed by atoms with Gasteiger partial charge in [-0.3, -0.25) is 0 Å². The van der Waals surface area contributed by atoms with E-state index in [9.17, 15) is 14.0 Å². The fourth-order valence-corrected chi connectivity index (χ4v) is 0.914. The molecular formula is C10H9FO4. The molecule has 1 aromatic carbocycles. The zero-order chi connectivity index (χ0) is 11.4. The Kier molecular flexibility index (Phi) is 3.38. The van der Waals surface area contributed by atoms with Crippen molar-refractivity contribution in [1.82, 2.24) is 0 Å². The molecule has 0 bridgehead atoms. The van der Waals surface area contributed by atoms with Gasteiger partial charge in [0.15, 0.2) is 11.6 Å². The van der Waals surface area contributed by atoms with E-state index >= 15 is 0 Å². The van der Waals surface area contributed by atoms with Gasteiger partial charge in [0.05, 0.1) is 7.11 Å². The Morgan fingerprint density at radius 2 is 1.93 bits per heavy atom. The lowest BCUT2D eigenvalue weighted by atomic mass is 10.2. The molecule has 0 saturated heterocycles. The summed E-state index contributed by atoms with van der Waals surface area (Å²) >= 11 is 0. The molecular weight excluding hydrogens is 203 g/mol. The van der Waals surface area contributed by atoms with Gasteiger partial charge in [0.25, 0.3) is 0 Å². The van der Waals surface area contributed by atoms with Crippen LogP contribution in [0.2, 0.25) is 0 Å². The molecule has 0 radical (unpaired) electrons. The Labute approximate surface area is 85.6 Å². The van der Waals surface area contributed by atoms with Crippen LogP contribution in [0.4, 0.5) is 4.39 Å². The normalized spacial score (nSPS) is 9.53. The second-order valence-electron chi connectivity index (χ2n) is 2.81. The van der Waals surface area contributed by atoms with Gasteiger partial charge in [0.1, 0.15) is 0 Å². The average Bonchev–Trinajstić information content (AvgIpc) is 2.22. The molecule has 0 spiro atoms. The van der Waals surface area contributed by atoms with Crippen molar-refractivity contribution in [2.45, 2.75) is 6.92 Å². The van der Waals surface area contributed by atoms with Crippen molar-refractivity contribution in [3.8, 4) is 5.75 Å². The zero-order valence-corrected chi connectivity index (χ0v) is 8.24. The van der Waals surface area contributed by atoms with Crippen molar-refractivity contribution in [1.29, 1.82) is 0 Å². The SMILES string of the molecule is COC(=O)C(=O)Oc1cc(C)ccc1F. The van der Waals surface area contributed by atoms with Crippen LogP contribution in [0.3, 0.4) is 0 Å². The molecule has 4 nitrogen and oxygen atoms in total. The zero-order valence-electron chi connectivity index (χ0n) is 8.24. The van der Waals surface area contributed by atoms with E-state index in [0.29, 0.717) is 5.56 Å². The minimum absolute atomic E-state index is 0.287. The summed E-state index contributed by atoms with van der Waals surface area (Å²) in [5.41, 5.74) is 0.712. The Morgan fingerprint density at radius 1 is 1.27 bits per heavy atom. The van der Waals surface area contributed by atoms with Crippen molar-refractivity contribution >= 4 is 11.9 Å². The molecule has 1 rings (SSSR count).